The quantitative estimate of drug-likeness (QED) is 0.594. The Morgan fingerprint density at radius 2 is 1.89 bits per heavy atom. The third kappa shape index (κ3) is 5.68. The summed E-state index contributed by atoms with van der Waals surface area (Å²) in [4.78, 5) is 12.2. The summed E-state index contributed by atoms with van der Waals surface area (Å²) in [5.41, 5.74) is 1.07. The van der Waals surface area contributed by atoms with Gasteiger partial charge in [-0.2, -0.15) is 0 Å². The molecule has 2 N–H and O–H groups in total. The van der Waals surface area contributed by atoms with Crippen molar-refractivity contribution in [1.82, 2.24) is 20.2 Å². The van der Waals surface area contributed by atoms with Crippen LogP contribution in [0.1, 0.15) is 45.1 Å². The number of anilines is 2. The van der Waals surface area contributed by atoms with E-state index in [1.165, 1.54) is 24.6 Å². The average Bonchev–Trinajstić information content (AvgIpc) is 3.32. The molecule has 0 bridgehead atoms. The van der Waals surface area contributed by atoms with Gasteiger partial charge in [0.25, 0.3) is 0 Å². The van der Waals surface area contributed by atoms with Gasteiger partial charge < -0.3 is 5.32 Å². The second kappa shape index (κ2) is 9.37. The highest BCUT2D eigenvalue weighted by atomic mass is 32.2. The Bertz CT molecular complexity index is 892. The van der Waals surface area contributed by atoms with Crippen molar-refractivity contribution in [2.24, 2.45) is 0 Å². The summed E-state index contributed by atoms with van der Waals surface area (Å²) < 4.78 is 27.9. The fourth-order valence-corrected chi connectivity index (χ4v) is 4.99. The standard InChI is InChI=1S/C17H24N6O3S2/c1-2-11-28(25,26)20-14-9-7-13(8-10-14)18-16(24)12-27-17-19-21-22-23(17)15-5-3-4-6-15/h7-10,15,20H,2-6,11-12H2,1H3,(H,18,24). The van der Waals surface area contributed by atoms with E-state index >= 15 is 0 Å². The largest absolute Gasteiger partial charge is 0.325 e. The Morgan fingerprint density at radius 1 is 1.21 bits per heavy atom. The Kier molecular flexibility index (Phi) is 6.89. The molecule has 1 aliphatic rings. The molecule has 1 aromatic carbocycles. The monoisotopic (exact) mass is 424 g/mol. The minimum Gasteiger partial charge on any atom is -0.325 e. The lowest BCUT2D eigenvalue weighted by atomic mass is 10.3. The molecular weight excluding hydrogens is 400 g/mol. The number of thioether (sulfide) groups is 1. The van der Waals surface area contributed by atoms with Crippen LogP contribution in [0, 0.1) is 0 Å². The highest BCUT2D eigenvalue weighted by Gasteiger charge is 2.22. The molecule has 152 valence electrons. The predicted octanol–water partition coefficient (Wildman–Crippen LogP) is 2.67. The fraction of sp³-hybridized carbons (Fsp3) is 0.529. The number of tetrazole rings is 1. The van der Waals surface area contributed by atoms with E-state index in [1.807, 2.05) is 11.6 Å². The summed E-state index contributed by atoms with van der Waals surface area (Å²) in [6, 6.07) is 6.89. The summed E-state index contributed by atoms with van der Waals surface area (Å²) in [5.74, 6) is 0.0892. The Hall–Kier alpha value is -2.14. The van der Waals surface area contributed by atoms with E-state index in [-0.39, 0.29) is 17.4 Å². The minimum atomic E-state index is -3.33. The molecule has 9 nitrogen and oxygen atoms in total. The molecule has 11 heteroatoms. The maximum absolute atomic E-state index is 12.2. The molecule has 0 spiro atoms. The zero-order valence-electron chi connectivity index (χ0n) is 15.7. The van der Waals surface area contributed by atoms with Gasteiger partial charge in [-0.1, -0.05) is 31.5 Å². The summed E-state index contributed by atoms with van der Waals surface area (Å²) in [6.45, 7) is 1.81. The highest BCUT2D eigenvalue weighted by molar-refractivity contribution is 7.99. The Balaban J connectivity index is 1.51. The zero-order chi connectivity index (χ0) is 20.0. The summed E-state index contributed by atoms with van der Waals surface area (Å²) in [5, 5.41) is 15.3. The number of carbonyl (C=O) groups excluding carboxylic acids is 1. The SMILES string of the molecule is CCCS(=O)(=O)Nc1ccc(NC(=O)CSc2nnnn2C2CCCC2)cc1. The molecule has 0 radical (unpaired) electrons. The molecule has 1 saturated carbocycles. The smallest absolute Gasteiger partial charge is 0.234 e. The molecule has 0 aliphatic heterocycles. The van der Waals surface area contributed by atoms with Crippen LogP contribution in [0.4, 0.5) is 11.4 Å². The van der Waals surface area contributed by atoms with Crippen molar-refractivity contribution in [3.8, 4) is 0 Å². The number of aromatic nitrogens is 4. The predicted molar refractivity (Wildman–Crippen MR) is 109 cm³/mol. The maximum Gasteiger partial charge on any atom is 0.234 e. The van der Waals surface area contributed by atoms with Gasteiger partial charge in [0.2, 0.25) is 21.1 Å². The molecule has 0 atom stereocenters. The fourth-order valence-electron chi connectivity index (χ4n) is 3.11. The summed E-state index contributed by atoms with van der Waals surface area (Å²) in [6.07, 6.45) is 5.04. The van der Waals surface area contributed by atoms with E-state index in [9.17, 15) is 13.2 Å². The first-order valence-corrected chi connectivity index (χ1v) is 11.9. The first kappa shape index (κ1) is 20.6. The van der Waals surface area contributed by atoms with Crippen molar-refractivity contribution in [3.63, 3.8) is 0 Å². The van der Waals surface area contributed by atoms with Crippen LogP contribution in [-0.4, -0.2) is 46.0 Å². The molecule has 1 aromatic heterocycles. The van der Waals surface area contributed by atoms with Gasteiger partial charge in [-0.05, 0) is 54.0 Å². The molecule has 1 heterocycles. The van der Waals surface area contributed by atoms with E-state index in [0.717, 1.165) is 12.8 Å². The van der Waals surface area contributed by atoms with E-state index in [2.05, 4.69) is 25.6 Å². The van der Waals surface area contributed by atoms with Crippen LogP contribution in [0.2, 0.25) is 0 Å². The average molecular weight is 425 g/mol. The zero-order valence-corrected chi connectivity index (χ0v) is 17.3. The van der Waals surface area contributed by atoms with Crippen molar-refractivity contribution in [3.05, 3.63) is 24.3 Å². The van der Waals surface area contributed by atoms with Gasteiger partial charge in [0.05, 0.1) is 17.5 Å². The summed E-state index contributed by atoms with van der Waals surface area (Å²) >= 11 is 1.31. The Labute approximate surface area is 168 Å². The van der Waals surface area contributed by atoms with Crippen LogP contribution in [0.25, 0.3) is 0 Å². The van der Waals surface area contributed by atoms with Gasteiger partial charge in [-0.3, -0.25) is 9.52 Å². The normalized spacial score (nSPS) is 14.9. The van der Waals surface area contributed by atoms with Crippen LogP contribution in [0.5, 0.6) is 0 Å². The molecule has 1 aliphatic carbocycles. The van der Waals surface area contributed by atoms with Crippen molar-refractivity contribution < 1.29 is 13.2 Å². The molecule has 3 rings (SSSR count). The van der Waals surface area contributed by atoms with Crippen LogP contribution in [-0.2, 0) is 14.8 Å². The topological polar surface area (TPSA) is 119 Å². The van der Waals surface area contributed by atoms with Crippen LogP contribution in [0.3, 0.4) is 0 Å². The van der Waals surface area contributed by atoms with E-state index in [0.29, 0.717) is 29.0 Å². The number of rotatable bonds is 9. The lowest BCUT2D eigenvalue weighted by Gasteiger charge is -2.11. The first-order valence-electron chi connectivity index (χ1n) is 9.28. The molecule has 2 aromatic rings. The minimum absolute atomic E-state index is 0.0725. The Morgan fingerprint density at radius 3 is 2.57 bits per heavy atom. The van der Waals surface area contributed by atoms with E-state index in [1.54, 1.807) is 24.3 Å². The van der Waals surface area contributed by atoms with Crippen LogP contribution < -0.4 is 10.0 Å². The number of sulfonamides is 1. The summed E-state index contributed by atoms with van der Waals surface area (Å²) in [7, 11) is -3.33. The van der Waals surface area contributed by atoms with E-state index < -0.39 is 10.0 Å². The third-order valence-corrected chi connectivity index (χ3v) is 6.81. The number of nitrogens with one attached hydrogen (secondary N) is 2. The van der Waals surface area contributed by atoms with E-state index in [4.69, 9.17) is 0 Å². The molecule has 28 heavy (non-hydrogen) atoms. The van der Waals surface area contributed by atoms with Crippen LogP contribution >= 0.6 is 11.8 Å². The van der Waals surface area contributed by atoms with Gasteiger partial charge in [0.15, 0.2) is 0 Å². The lowest BCUT2D eigenvalue weighted by Crippen LogP contribution is -2.17. The van der Waals surface area contributed by atoms with Gasteiger partial charge in [-0.15, -0.1) is 5.10 Å². The van der Waals surface area contributed by atoms with Crippen molar-refractivity contribution in [2.75, 3.05) is 21.5 Å². The third-order valence-electron chi connectivity index (χ3n) is 4.38. The highest BCUT2D eigenvalue weighted by Crippen LogP contribution is 2.31. The van der Waals surface area contributed by atoms with Crippen LogP contribution in [0.15, 0.2) is 29.4 Å². The number of hydrogen-bond acceptors (Lipinski definition) is 7. The number of hydrogen-bond donors (Lipinski definition) is 2. The maximum atomic E-state index is 12.2. The number of amides is 1. The van der Waals surface area contributed by atoms with Crippen molar-refractivity contribution in [1.29, 1.82) is 0 Å². The number of nitrogens with zero attached hydrogens (tertiary/aromatic N) is 4. The van der Waals surface area contributed by atoms with Gasteiger partial charge >= 0.3 is 0 Å². The van der Waals surface area contributed by atoms with Gasteiger partial charge in [0.1, 0.15) is 0 Å². The van der Waals surface area contributed by atoms with Crippen molar-refractivity contribution in [2.45, 2.75) is 50.2 Å². The molecule has 0 unspecified atom stereocenters. The molecular formula is C17H24N6O3S2. The van der Waals surface area contributed by atoms with Gasteiger partial charge in [-0.25, -0.2) is 13.1 Å². The molecule has 0 saturated heterocycles. The number of benzene rings is 1. The van der Waals surface area contributed by atoms with Gasteiger partial charge in [0, 0.05) is 11.4 Å². The number of carbonyl (C=O) groups is 1. The van der Waals surface area contributed by atoms with Crippen molar-refractivity contribution >= 4 is 39.1 Å². The molecule has 1 amide bonds. The first-order chi connectivity index (χ1) is 13.5. The second-order valence-electron chi connectivity index (χ2n) is 6.68. The second-order valence-corrected chi connectivity index (χ2v) is 9.46. The molecule has 1 fully saturated rings. The lowest BCUT2D eigenvalue weighted by molar-refractivity contribution is -0.113.